The third kappa shape index (κ3) is 9.45. The Labute approximate surface area is 168 Å². The smallest absolute Gasteiger partial charge is 0.191 e. The van der Waals surface area contributed by atoms with E-state index in [0.717, 1.165) is 89.1 Å². The molecule has 0 aliphatic carbocycles. The van der Waals surface area contributed by atoms with Gasteiger partial charge in [-0.05, 0) is 56.6 Å². The SMILES string of the molecule is CCNC(=NCCCc1ccccc1Cl)NCCCOCC1CCOCC1. The maximum absolute atomic E-state index is 6.20. The van der Waals surface area contributed by atoms with Gasteiger partial charge in [0.1, 0.15) is 0 Å². The first-order valence-electron chi connectivity index (χ1n) is 10.2. The van der Waals surface area contributed by atoms with E-state index in [1.807, 2.05) is 18.2 Å². The van der Waals surface area contributed by atoms with Crippen molar-refractivity contribution in [3.63, 3.8) is 0 Å². The van der Waals surface area contributed by atoms with Crippen LogP contribution in [0.25, 0.3) is 0 Å². The Kier molecular flexibility index (Phi) is 11.2. The second kappa shape index (κ2) is 13.8. The van der Waals surface area contributed by atoms with Crippen molar-refractivity contribution >= 4 is 17.6 Å². The van der Waals surface area contributed by atoms with Crippen LogP contribution in [0.1, 0.15) is 38.2 Å². The van der Waals surface area contributed by atoms with Gasteiger partial charge in [0.05, 0.1) is 0 Å². The van der Waals surface area contributed by atoms with Crippen LogP contribution in [0.4, 0.5) is 0 Å². The van der Waals surface area contributed by atoms with Gasteiger partial charge in [-0.25, -0.2) is 0 Å². The lowest BCUT2D eigenvalue weighted by Gasteiger charge is -2.21. The van der Waals surface area contributed by atoms with Crippen molar-refractivity contribution in [2.75, 3.05) is 46.1 Å². The van der Waals surface area contributed by atoms with E-state index >= 15 is 0 Å². The highest BCUT2D eigenvalue weighted by Gasteiger charge is 2.13. The van der Waals surface area contributed by atoms with Crippen LogP contribution in [0.5, 0.6) is 0 Å². The van der Waals surface area contributed by atoms with Crippen LogP contribution in [0.3, 0.4) is 0 Å². The molecule has 6 heteroatoms. The molecule has 1 saturated heterocycles. The van der Waals surface area contributed by atoms with Crippen molar-refractivity contribution < 1.29 is 9.47 Å². The summed E-state index contributed by atoms with van der Waals surface area (Å²) in [5.41, 5.74) is 1.19. The number of rotatable bonds is 11. The molecule has 0 unspecified atom stereocenters. The van der Waals surface area contributed by atoms with Crippen molar-refractivity contribution in [1.29, 1.82) is 0 Å². The molecule has 1 fully saturated rings. The Balaban J connectivity index is 1.56. The second-order valence-corrected chi connectivity index (χ2v) is 7.27. The Bertz CT molecular complexity index is 548. The molecule has 2 N–H and O–H groups in total. The first kappa shape index (κ1) is 22.0. The van der Waals surface area contributed by atoms with E-state index in [4.69, 9.17) is 21.1 Å². The molecule has 27 heavy (non-hydrogen) atoms. The fourth-order valence-electron chi connectivity index (χ4n) is 3.05. The zero-order valence-electron chi connectivity index (χ0n) is 16.5. The van der Waals surface area contributed by atoms with Gasteiger partial charge in [-0.2, -0.15) is 0 Å². The largest absolute Gasteiger partial charge is 0.381 e. The lowest BCUT2D eigenvalue weighted by Crippen LogP contribution is -2.38. The van der Waals surface area contributed by atoms with E-state index in [1.165, 1.54) is 5.56 Å². The maximum atomic E-state index is 6.20. The van der Waals surface area contributed by atoms with Crippen molar-refractivity contribution in [1.82, 2.24) is 10.6 Å². The Morgan fingerprint density at radius 1 is 1.22 bits per heavy atom. The number of hydrogen-bond acceptors (Lipinski definition) is 3. The van der Waals surface area contributed by atoms with Gasteiger partial charge in [-0.15, -0.1) is 0 Å². The van der Waals surface area contributed by atoms with Crippen molar-refractivity contribution in [3.05, 3.63) is 34.9 Å². The Hall–Kier alpha value is -1.30. The van der Waals surface area contributed by atoms with E-state index in [0.29, 0.717) is 5.92 Å². The molecule has 1 heterocycles. The maximum Gasteiger partial charge on any atom is 0.191 e. The van der Waals surface area contributed by atoms with Crippen molar-refractivity contribution in [2.45, 2.75) is 39.0 Å². The zero-order chi connectivity index (χ0) is 19.2. The summed E-state index contributed by atoms with van der Waals surface area (Å²) < 4.78 is 11.2. The summed E-state index contributed by atoms with van der Waals surface area (Å²) in [5.74, 6) is 1.55. The molecule has 1 aliphatic rings. The highest BCUT2D eigenvalue weighted by atomic mass is 35.5. The lowest BCUT2D eigenvalue weighted by atomic mass is 10.0. The van der Waals surface area contributed by atoms with E-state index in [1.54, 1.807) is 0 Å². The van der Waals surface area contributed by atoms with Crippen LogP contribution in [-0.4, -0.2) is 52.0 Å². The monoisotopic (exact) mass is 395 g/mol. The standard InChI is InChI=1S/C21H34ClN3O2/c1-2-23-21(24-12-5-8-19-7-3-4-9-20(19)22)25-13-6-14-27-17-18-10-15-26-16-11-18/h3-4,7,9,18H,2,5-6,8,10-17H2,1H3,(H2,23,24,25). The van der Waals surface area contributed by atoms with Crippen LogP contribution in [-0.2, 0) is 15.9 Å². The van der Waals surface area contributed by atoms with Gasteiger partial charge in [0.25, 0.3) is 0 Å². The summed E-state index contributed by atoms with van der Waals surface area (Å²) in [5, 5.41) is 7.52. The number of nitrogens with one attached hydrogen (secondary N) is 2. The summed E-state index contributed by atoms with van der Waals surface area (Å²) in [6, 6.07) is 8.01. The van der Waals surface area contributed by atoms with Crippen molar-refractivity contribution in [3.8, 4) is 0 Å². The molecule has 0 radical (unpaired) electrons. The number of aliphatic imine (C=N–C) groups is 1. The molecule has 0 aromatic heterocycles. The minimum Gasteiger partial charge on any atom is -0.381 e. The molecule has 1 aromatic rings. The van der Waals surface area contributed by atoms with Crippen LogP contribution >= 0.6 is 11.6 Å². The minimum atomic E-state index is 0.670. The molecule has 1 aliphatic heterocycles. The van der Waals surface area contributed by atoms with Crippen molar-refractivity contribution in [2.24, 2.45) is 10.9 Å². The third-order valence-electron chi connectivity index (χ3n) is 4.63. The number of nitrogens with zero attached hydrogens (tertiary/aromatic N) is 1. The molecular weight excluding hydrogens is 362 g/mol. The number of halogens is 1. The molecule has 5 nitrogen and oxygen atoms in total. The molecule has 152 valence electrons. The van der Waals surface area contributed by atoms with Crippen LogP contribution in [0, 0.1) is 5.92 Å². The first-order valence-corrected chi connectivity index (χ1v) is 10.6. The fourth-order valence-corrected chi connectivity index (χ4v) is 3.28. The molecule has 0 amide bonds. The molecule has 2 rings (SSSR count). The summed E-state index contributed by atoms with van der Waals surface area (Å²) in [6.07, 6.45) is 5.16. The van der Waals surface area contributed by atoms with Gasteiger partial charge in [-0.1, -0.05) is 29.8 Å². The summed E-state index contributed by atoms with van der Waals surface area (Å²) in [4.78, 5) is 4.65. The van der Waals surface area contributed by atoms with Gasteiger partial charge >= 0.3 is 0 Å². The lowest BCUT2D eigenvalue weighted by molar-refractivity contribution is 0.0203. The quantitative estimate of drug-likeness (QED) is 0.341. The van der Waals surface area contributed by atoms with Gasteiger partial charge in [0.15, 0.2) is 5.96 Å². The van der Waals surface area contributed by atoms with Gasteiger partial charge in [-0.3, -0.25) is 4.99 Å². The predicted molar refractivity (Wildman–Crippen MR) is 113 cm³/mol. The fraction of sp³-hybridized carbons (Fsp3) is 0.667. The summed E-state index contributed by atoms with van der Waals surface area (Å²) >= 11 is 6.20. The van der Waals surface area contributed by atoms with E-state index in [-0.39, 0.29) is 0 Å². The highest BCUT2D eigenvalue weighted by molar-refractivity contribution is 6.31. The summed E-state index contributed by atoms with van der Waals surface area (Å²) in [6.45, 7) is 8.00. The number of ether oxygens (including phenoxy) is 2. The Morgan fingerprint density at radius 2 is 2.04 bits per heavy atom. The van der Waals surface area contributed by atoms with E-state index < -0.39 is 0 Å². The van der Waals surface area contributed by atoms with Crippen LogP contribution < -0.4 is 10.6 Å². The molecule has 0 saturated carbocycles. The van der Waals surface area contributed by atoms with E-state index in [2.05, 4.69) is 28.6 Å². The molecule has 1 aromatic carbocycles. The van der Waals surface area contributed by atoms with Gasteiger partial charge < -0.3 is 20.1 Å². The zero-order valence-corrected chi connectivity index (χ0v) is 17.3. The van der Waals surface area contributed by atoms with Gasteiger partial charge in [0, 0.05) is 51.1 Å². The first-order chi connectivity index (χ1) is 13.3. The minimum absolute atomic E-state index is 0.670. The average Bonchev–Trinajstić information content (AvgIpc) is 2.69. The number of hydrogen-bond donors (Lipinski definition) is 2. The van der Waals surface area contributed by atoms with Crippen LogP contribution in [0.15, 0.2) is 29.3 Å². The highest BCUT2D eigenvalue weighted by Crippen LogP contribution is 2.16. The molecule has 0 atom stereocenters. The molecule has 0 spiro atoms. The number of benzene rings is 1. The average molecular weight is 396 g/mol. The molecular formula is C21H34ClN3O2. The Morgan fingerprint density at radius 3 is 2.81 bits per heavy atom. The topological polar surface area (TPSA) is 54.9 Å². The van der Waals surface area contributed by atoms with Gasteiger partial charge in [0.2, 0.25) is 0 Å². The second-order valence-electron chi connectivity index (χ2n) is 6.87. The third-order valence-corrected chi connectivity index (χ3v) is 5.00. The molecule has 0 bridgehead atoms. The summed E-state index contributed by atoms with van der Waals surface area (Å²) in [7, 11) is 0. The van der Waals surface area contributed by atoms with E-state index in [9.17, 15) is 0 Å². The normalized spacial score (nSPS) is 15.7. The number of guanidine groups is 1. The predicted octanol–water partition coefficient (Wildman–Crippen LogP) is 3.66. The number of aryl methyl sites for hydroxylation is 1. The van der Waals surface area contributed by atoms with Crippen LogP contribution in [0.2, 0.25) is 5.02 Å².